The predicted molar refractivity (Wildman–Crippen MR) is 69.0 cm³/mol. The lowest BCUT2D eigenvalue weighted by atomic mass is 10.1. The summed E-state index contributed by atoms with van der Waals surface area (Å²) in [5, 5.41) is 0. The van der Waals surface area contributed by atoms with E-state index in [1.165, 1.54) is 0 Å². The van der Waals surface area contributed by atoms with Crippen LogP contribution in [-0.2, 0) is 6.54 Å². The maximum absolute atomic E-state index is 5.76. The Morgan fingerprint density at radius 1 is 1.20 bits per heavy atom. The van der Waals surface area contributed by atoms with E-state index < -0.39 is 8.07 Å². The molecule has 0 unspecified atom stereocenters. The summed E-state index contributed by atoms with van der Waals surface area (Å²) in [5.41, 5.74) is 17.4. The molecule has 80 valence electrons. The zero-order valence-electron chi connectivity index (χ0n) is 9.59. The second-order valence-corrected chi connectivity index (χ2v) is 9.42. The van der Waals surface area contributed by atoms with Gasteiger partial charge in [0.05, 0.1) is 0 Å². The fourth-order valence-electron chi connectivity index (χ4n) is 1.17. The first-order chi connectivity index (χ1) is 6.90. The van der Waals surface area contributed by atoms with Crippen molar-refractivity contribution >= 4 is 13.8 Å². The van der Waals surface area contributed by atoms with Gasteiger partial charge in [0.1, 0.15) is 8.07 Å². The maximum Gasteiger partial charge on any atom is 0.129 e. The fourth-order valence-corrected chi connectivity index (χ4v) is 1.69. The molecule has 4 N–H and O–H groups in total. The van der Waals surface area contributed by atoms with Gasteiger partial charge >= 0.3 is 0 Å². The Bertz CT molecular complexity index is 408. The highest BCUT2D eigenvalue weighted by Gasteiger charge is 2.07. The molecule has 0 aromatic heterocycles. The van der Waals surface area contributed by atoms with Crippen molar-refractivity contribution in [3.05, 3.63) is 29.3 Å². The molecule has 1 aromatic carbocycles. The number of hydrogen-bond acceptors (Lipinski definition) is 2. The van der Waals surface area contributed by atoms with Gasteiger partial charge in [0, 0.05) is 17.8 Å². The molecule has 0 amide bonds. The Hall–Kier alpha value is -1.24. The summed E-state index contributed by atoms with van der Waals surface area (Å²) in [6.45, 7) is 7.16. The van der Waals surface area contributed by atoms with Crippen LogP contribution in [0.25, 0.3) is 0 Å². The molecule has 0 saturated carbocycles. The number of nitrogen functional groups attached to an aromatic ring is 1. The highest BCUT2D eigenvalue weighted by atomic mass is 28.3. The quantitative estimate of drug-likeness (QED) is 0.430. The third kappa shape index (κ3) is 4.20. The van der Waals surface area contributed by atoms with Gasteiger partial charge in [-0.05, 0) is 23.8 Å². The first-order valence-corrected chi connectivity index (χ1v) is 8.53. The molecule has 0 radical (unpaired) electrons. The lowest BCUT2D eigenvalue weighted by Crippen LogP contribution is -2.16. The number of rotatable bonds is 1. The van der Waals surface area contributed by atoms with E-state index in [4.69, 9.17) is 11.5 Å². The Morgan fingerprint density at radius 3 is 2.40 bits per heavy atom. The minimum absolute atomic E-state index is 0.507. The molecule has 3 heteroatoms. The number of nitrogens with two attached hydrogens (primary N) is 2. The largest absolute Gasteiger partial charge is 0.399 e. The predicted octanol–water partition coefficient (Wildman–Crippen LogP) is 1.96. The van der Waals surface area contributed by atoms with Gasteiger partial charge < -0.3 is 11.5 Å². The van der Waals surface area contributed by atoms with Gasteiger partial charge in [-0.15, -0.1) is 5.54 Å². The van der Waals surface area contributed by atoms with Crippen LogP contribution in [0, 0.1) is 11.5 Å². The third-order valence-corrected chi connectivity index (χ3v) is 2.71. The van der Waals surface area contributed by atoms with E-state index in [9.17, 15) is 0 Å². The molecule has 0 atom stereocenters. The second-order valence-electron chi connectivity index (χ2n) is 4.67. The van der Waals surface area contributed by atoms with Crippen molar-refractivity contribution in [2.24, 2.45) is 5.73 Å². The lowest BCUT2D eigenvalue weighted by molar-refractivity contribution is 1.07. The molecular weight excluding hydrogens is 200 g/mol. The molecule has 0 aliphatic heterocycles. The molecule has 0 bridgehead atoms. The van der Waals surface area contributed by atoms with Crippen LogP contribution in [0.5, 0.6) is 0 Å². The van der Waals surface area contributed by atoms with Gasteiger partial charge in [-0.1, -0.05) is 25.6 Å². The van der Waals surface area contributed by atoms with Crippen LogP contribution in [0.4, 0.5) is 5.69 Å². The van der Waals surface area contributed by atoms with Crippen molar-refractivity contribution in [2.75, 3.05) is 5.73 Å². The first-order valence-electron chi connectivity index (χ1n) is 5.03. The van der Waals surface area contributed by atoms with Crippen LogP contribution in [0.15, 0.2) is 18.2 Å². The van der Waals surface area contributed by atoms with E-state index >= 15 is 0 Å². The molecule has 0 heterocycles. The van der Waals surface area contributed by atoms with Crippen molar-refractivity contribution in [1.29, 1.82) is 0 Å². The van der Waals surface area contributed by atoms with Gasteiger partial charge in [-0.2, -0.15) is 0 Å². The Balaban J connectivity index is 3.04. The van der Waals surface area contributed by atoms with E-state index in [-0.39, 0.29) is 0 Å². The van der Waals surface area contributed by atoms with Gasteiger partial charge in [-0.25, -0.2) is 0 Å². The molecule has 0 fully saturated rings. The highest BCUT2D eigenvalue weighted by Crippen LogP contribution is 2.11. The third-order valence-electron chi connectivity index (χ3n) is 1.83. The zero-order valence-corrected chi connectivity index (χ0v) is 10.6. The van der Waals surface area contributed by atoms with Gasteiger partial charge in [-0.3, -0.25) is 0 Å². The summed E-state index contributed by atoms with van der Waals surface area (Å²) < 4.78 is 0. The molecule has 0 aliphatic carbocycles. The van der Waals surface area contributed by atoms with Crippen LogP contribution in [0.3, 0.4) is 0 Å². The van der Waals surface area contributed by atoms with Gasteiger partial charge in [0.25, 0.3) is 0 Å². The fraction of sp³-hybridized carbons (Fsp3) is 0.333. The average molecular weight is 218 g/mol. The Kier molecular flexibility index (Phi) is 3.56. The molecule has 15 heavy (non-hydrogen) atoms. The summed E-state index contributed by atoms with van der Waals surface area (Å²) in [6, 6.07) is 5.79. The normalized spacial score (nSPS) is 10.7. The van der Waals surface area contributed by atoms with Crippen LogP contribution in [0.1, 0.15) is 11.1 Å². The summed E-state index contributed by atoms with van der Waals surface area (Å²) in [4.78, 5) is 0. The summed E-state index contributed by atoms with van der Waals surface area (Å²) in [5.74, 6) is 3.18. The van der Waals surface area contributed by atoms with E-state index in [0.717, 1.165) is 16.8 Å². The van der Waals surface area contributed by atoms with Crippen LogP contribution in [0.2, 0.25) is 19.6 Å². The van der Waals surface area contributed by atoms with Crippen molar-refractivity contribution < 1.29 is 0 Å². The van der Waals surface area contributed by atoms with Crippen LogP contribution < -0.4 is 11.5 Å². The van der Waals surface area contributed by atoms with Crippen molar-refractivity contribution in [1.82, 2.24) is 0 Å². The van der Waals surface area contributed by atoms with Gasteiger partial charge in [0.2, 0.25) is 0 Å². The van der Waals surface area contributed by atoms with Crippen molar-refractivity contribution in [3.63, 3.8) is 0 Å². The number of anilines is 1. The zero-order chi connectivity index (χ0) is 11.5. The SMILES string of the molecule is C[Si](C)(C)C#Cc1cc(N)cc(CN)c1. The molecule has 0 aliphatic rings. The van der Waals surface area contributed by atoms with Crippen LogP contribution >= 0.6 is 0 Å². The van der Waals surface area contributed by atoms with E-state index in [1.54, 1.807) is 0 Å². The van der Waals surface area contributed by atoms with Gasteiger partial charge in [0.15, 0.2) is 0 Å². The smallest absolute Gasteiger partial charge is 0.129 e. The topological polar surface area (TPSA) is 52.0 Å². The maximum atomic E-state index is 5.76. The molecule has 0 spiro atoms. The summed E-state index contributed by atoms with van der Waals surface area (Å²) in [6.07, 6.45) is 0. The summed E-state index contributed by atoms with van der Waals surface area (Å²) in [7, 11) is -1.32. The van der Waals surface area contributed by atoms with E-state index in [1.807, 2.05) is 18.2 Å². The minimum Gasteiger partial charge on any atom is -0.399 e. The monoisotopic (exact) mass is 218 g/mol. The summed E-state index contributed by atoms with van der Waals surface area (Å²) >= 11 is 0. The Morgan fingerprint density at radius 2 is 1.87 bits per heavy atom. The van der Waals surface area contributed by atoms with Crippen molar-refractivity contribution in [3.8, 4) is 11.5 Å². The van der Waals surface area contributed by atoms with Crippen molar-refractivity contribution in [2.45, 2.75) is 26.2 Å². The molecular formula is C12H18N2Si. The molecule has 2 nitrogen and oxygen atoms in total. The molecule has 0 saturated heterocycles. The minimum atomic E-state index is -1.32. The van der Waals surface area contributed by atoms with E-state index in [2.05, 4.69) is 31.1 Å². The highest BCUT2D eigenvalue weighted by molar-refractivity contribution is 6.83. The second kappa shape index (κ2) is 4.52. The lowest BCUT2D eigenvalue weighted by Gasteiger charge is -2.04. The molecule has 1 rings (SSSR count). The van der Waals surface area contributed by atoms with E-state index in [0.29, 0.717) is 6.54 Å². The Labute approximate surface area is 92.7 Å². The molecule has 1 aromatic rings. The first kappa shape index (κ1) is 11.8. The van der Waals surface area contributed by atoms with Crippen LogP contribution in [-0.4, -0.2) is 8.07 Å². The average Bonchev–Trinajstić information content (AvgIpc) is 2.13. The number of hydrogen-bond donors (Lipinski definition) is 2. The number of benzene rings is 1. The standard InChI is InChI=1S/C12H18N2Si/c1-15(2,3)5-4-10-6-11(9-13)8-12(14)7-10/h6-8H,9,13-14H2,1-3H3.